The first-order valence-corrected chi connectivity index (χ1v) is 7.59. The first kappa shape index (κ1) is 14.0. The number of carbonyl (C=O) groups is 2. The van der Waals surface area contributed by atoms with Crippen LogP contribution in [0.1, 0.15) is 23.0 Å². The van der Waals surface area contributed by atoms with Crippen LogP contribution >= 0.6 is 11.3 Å². The highest BCUT2D eigenvalue weighted by Crippen LogP contribution is 2.35. The number of hydrogen-bond donors (Lipinski definition) is 2. The minimum absolute atomic E-state index is 0.0403. The summed E-state index contributed by atoms with van der Waals surface area (Å²) in [5.41, 5.74) is 0.685. The lowest BCUT2D eigenvalue weighted by Gasteiger charge is -2.05. The molecule has 1 saturated carbocycles. The predicted octanol–water partition coefficient (Wildman–Crippen LogP) is 2.96. The number of anilines is 1. The lowest BCUT2D eigenvalue weighted by atomic mass is 10.2. The largest absolute Gasteiger partial charge is 0.477 e. The van der Waals surface area contributed by atoms with Gasteiger partial charge in [0.2, 0.25) is 5.91 Å². The van der Waals surface area contributed by atoms with E-state index in [-0.39, 0.29) is 17.9 Å². The summed E-state index contributed by atoms with van der Waals surface area (Å²) in [5, 5.41) is 12.7. The molecule has 1 aromatic carbocycles. The van der Waals surface area contributed by atoms with E-state index in [0.717, 1.165) is 16.5 Å². The Hall–Kier alpha value is -1.92. The van der Waals surface area contributed by atoms with Crippen molar-refractivity contribution >= 4 is 39.0 Å². The van der Waals surface area contributed by atoms with Crippen LogP contribution < -0.4 is 5.32 Å². The fourth-order valence-corrected chi connectivity index (χ4v) is 3.19. The molecule has 2 unspecified atom stereocenters. The molecule has 5 nitrogen and oxygen atoms in total. The summed E-state index contributed by atoms with van der Waals surface area (Å²) >= 11 is 1.23. The number of ether oxygens (including phenoxy) is 1. The van der Waals surface area contributed by atoms with E-state index in [1.54, 1.807) is 18.2 Å². The second kappa shape index (κ2) is 5.46. The van der Waals surface area contributed by atoms with Crippen LogP contribution in [0.25, 0.3) is 10.1 Å². The Morgan fingerprint density at radius 3 is 2.95 bits per heavy atom. The highest BCUT2D eigenvalue weighted by atomic mass is 32.1. The number of amides is 1. The molecule has 0 aliphatic heterocycles. The quantitative estimate of drug-likeness (QED) is 0.890. The molecule has 1 aromatic heterocycles. The van der Waals surface area contributed by atoms with Crippen molar-refractivity contribution in [1.29, 1.82) is 0 Å². The molecular formula is C15H15NO4S. The van der Waals surface area contributed by atoms with Crippen molar-refractivity contribution in [3.05, 3.63) is 29.1 Å². The first-order valence-electron chi connectivity index (χ1n) is 6.78. The SMILES string of the molecule is CCOC1CC1C(=O)Nc1ccc2sc(C(=O)O)cc2c1. The topological polar surface area (TPSA) is 75.6 Å². The van der Waals surface area contributed by atoms with Crippen LogP contribution in [0.5, 0.6) is 0 Å². The van der Waals surface area contributed by atoms with Crippen molar-refractivity contribution in [2.45, 2.75) is 19.4 Å². The average molecular weight is 305 g/mol. The van der Waals surface area contributed by atoms with E-state index < -0.39 is 5.97 Å². The smallest absolute Gasteiger partial charge is 0.345 e. The van der Waals surface area contributed by atoms with Gasteiger partial charge < -0.3 is 15.2 Å². The lowest BCUT2D eigenvalue weighted by Crippen LogP contribution is -2.16. The average Bonchev–Trinajstić information content (AvgIpc) is 3.08. The highest BCUT2D eigenvalue weighted by Gasteiger charge is 2.43. The van der Waals surface area contributed by atoms with Crippen molar-refractivity contribution < 1.29 is 19.4 Å². The van der Waals surface area contributed by atoms with Crippen molar-refractivity contribution in [2.75, 3.05) is 11.9 Å². The molecular weight excluding hydrogens is 290 g/mol. The molecule has 1 fully saturated rings. The van der Waals surface area contributed by atoms with Crippen LogP contribution in [0.4, 0.5) is 5.69 Å². The van der Waals surface area contributed by atoms with Crippen LogP contribution in [0.3, 0.4) is 0 Å². The third kappa shape index (κ3) is 2.91. The molecule has 1 heterocycles. The summed E-state index contributed by atoms with van der Waals surface area (Å²) in [6, 6.07) is 7.04. The van der Waals surface area contributed by atoms with Crippen molar-refractivity contribution in [3.63, 3.8) is 0 Å². The lowest BCUT2D eigenvalue weighted by molar-refractivity contribution is -0.118. The van der Waals surface area contributed by atoms with Gasteiger partial charge in [0, 0.05) is 17.0 Å². The summed E-state index contributed by atoms with van der Waals surface area (Å²) in [4.78, 5) is 23.3. The summed E-state index contributed by atoms with van der Waals surface area (Å²) in [5.74, 6) is -1.04. The van der Waals surface area contributed by atoms with E-state index >= 15 is 0 Å². The number of carbonyl (C=O) groups excluding carboxylic acids is 1. The normalized spacial score (nSPS) is 20.4. The van der Waals surface area contributed by atoms with Gasteiger partial charge in [-0.1, -0.05) is 0 Å². The molecule has 0 bridgehead atoms. The summed E-state index contributed by atoms with van der Waals surface area (Å²) in [6.45, 7) is 2.53. The third-order valence-corrected chi connectivity index (χ3v) is 4.55. The number of hydrogen-bond acceptors (Lipinski definition) is 4. The molecule has 1 aliphatic carbocycles. The summed E-state index contributed by atoms with van der Waals surface area (Å²) in [7, 11) is 0. The van der Waals surface area contributed by atoms with Gasteiger partial charge in [0.25, 0.3) is 0 Å². The third-order valence-electron chi connectivity index (χ3n) is 3.44. The second-order valence-corrected chi connectivity index (χ2v) is 6.08. The Morgan fingerprint density at radius 1 is 1.43 bits per heavy atom. The fourth-order valence-electron chi connectivity index (χ4n) is 2.31. The Balaban J connectivity index is 1.73. The molecule has 2 N–H and O–H groups in total. The van der Waals surface area contributed by atoms with E-state index in [4.69, 9.17) is 9.84 Å². The van der Waals surface area contributed by atoms with Crippen molar-refractivity contribution in [1.82, 2.24) is 0 Å². The molecule has 3 rings (SSSR count). The van der Waals surface area contributed by atoms with Gasteiger partial charge in [0.15, 0.2) is 0 Å². The monoisotopic (exact) mass is 305 g/mol. The molecule has 110 valence electrons. The summed E-state index contributed by atoms with van der Waals surface area (Å²) in [6.07, 6.45) is 0.808. The van der Waals surface area contributed by atoms with Crippen molar-refractivity contribution in [3.8, 4) is 0 Å². The van der Waals surface area contributed by atoms with E-state index in [2.05, 4.69) is 5.32 Å². The maximum atomic E-state index is 12.0. The molecule has 0 radical (unpaired) electrons. The Bertz CT molecular complexity index is 709. The standard InChI is InChI=1S/C15H15NO4S/c1-2-20-11-7-10(11)14(17)16-9-3-4-12-8(5-9)6-13(21-12)15(18)19/h3-6,10-11H,2,7H2,1H3,(H,16,17)(H,18,19). The number of aromatic carboxylic acids is 1. The van der Waals surface area contributed by atoms with Crippen LogP contribution in [0, 0.1) is 5.92 Å². The first-order chi connectivity index (χ1) is 10.1. The van der Waals surface area contributed by atoms with Crippen LogP contribution in [0.15, 0.2) is 24.3 Å². The number of fused-ring (bicyclic) bond motifs is 1. The molecule has 2 aromatic rings. The zero-order valence-corrected chi connectivity index (χ0v) is 12.3. The van der Waals surface area contributed by atoms with Crippen molar-refractivity contribution in [2.24, 2.45) is 5.92 Å². The number of carboxylic acid groups (broad SMARTS) is 1. The minimum atomic E-state index is -0.931. The van der Waals surface area contributed by atoms with Gasteiger partial charge in [-0.05, 0) is 43.0 Å². The van der Waals surface area contributed by atoms with E-state index in [1.807, 2.05) is 13.0 Å². The maximum Gasteiger partial charge on any atom is 0.345 e. The van der Waals surface area contributed by atoms with Gasteiger partial charge in [-0.2, -0.15) is 0 Å². The van der Waals surface area contributed by atoms with Gasteiger partial charge in [-0.3, -0.25) is 4.79 Å². The van der Waals surface area contributed by atoms with E-state index in [9.17, 15) is 9.59 Å². The van der Waals surface area contributed by atoms with Gasteiger partial charge in [-0.15, -0.1) is 11.3 Å². The Kier molecular flexibility index (Phi) is 3.65. The van der Waals surface area contributed by atoms with Crippen LogP contribution in [-0.4, -0.2) is 29.7 Å². The number of thiophene rings is 1. The predicted molar refractivity (Wildman–Crippen MR) is 80.9 cm³/mol. The molecule has 6 heteroatoms. The molecule has 0 saturated heterocycles. The number of benzene rings is 1. The molecule has 21 heavy (non-hydrogen) atoms. The molecule has 2 atom stereocenters. The maximum absolute atomic E-state index is 12.0. The van der Waals surface area contributed by atoms with Gasteiger partial charge in [-0.25, -0.2) is 4.79 Å². The molecule has 0 spiro atoms. The zero-order chi connectivity index (χ0) is 15.0. The summed E-state index contributed by atoms with van der Waals surface area (Å²) < 4.78 is 6.29. The van der Waals surface area contributed by atoms with Crippen LogP contribution in [-0.2, 0) is 9.53 Å². The molecule has 1 amide bonds. The van der Waals surface area contributed by atoms with Gasteiger partial charge >= 0.3 is 5.97 Å². The van der Waals surface area contributed by atoms with Gasteiger partial charge in [0.1, 0.15) is 4.88 Å². The van der Waals surface area contributed by atoms with E-state index in [1.165, 1.54) is 11.3 Å². The minimum Gasteiger partial charge on any atom is -0.477 e. The zero-order valence-electron chi connectivity index (χ0n) is 11.5. The molecule has 1 aliphatic rings. The Morgan fingerprint density at radius 2 is 2.24 bits per heavy atom. The fraction of sp³-hybridized carbons (Fsp3) is 0.333. The number of carboxylic acids is 1. The van der Waals surface area contributed by atoms with Crippen LogP contribution in [0.2, 0.25) is 0 Å². The number of rotatable bonds is 5. The Labute approximate surface area is 125 Å². The second-order valence-electron chi connectivity index (χ2n) is 4.99. The highest BCUT2D eigenvalue weighted by molar-refractivity contribution is 7.20. The number of nitrogens with one attached hydrogen (secondary N) is 1. The van der Waals surface area contributed by atoms with E-state index in [0.29, 0.717) is 17.2 Å². The van der Waals surface area contributed by atoms with Gasteiger partial charge in [0.05, 0.1) is 12.0 Å².